The monoisotopic (exact) mass is 249 g/mol. The van der Waals surface area contributed by atoms with Crippen LogP contribution < -0.4 is 5.32 Å². The minimum atomic E-state index is -1.07. The molecule has 0 saturated carbocycles. The molecule has 1 amide bonds. The van der Waals surface area contributed by atoms with Crippen LogP contribution in [0.2, 0.25) is 0 Å². The van der Waals surface area contributed by atoms with Gasteiger partial charge in [-0.2, -0.15) is 0 Å². The van der Waals surface area contributed by atoms with E-state index in [1.165, 1.54) is 41.4 Å². The van der Waals surface area contributed by atoms with Crippen molar-refractivity contribution in [1.82, 2.24) is 9.97 Å². The lowest BCUT2D eigenvalue weighted by Crippen LogP contribution is -2.12. The normalized spacial score (nSPS) is 9.88. The van der Waals surface area contributed by atoms with Crippen molar-refractivity contribution < 1.29 is 14.7 Å². The largest absolute Gasteiger partial charge is 0.478 e. The zero-order chi connectivity index (χ0) is 12.3. The lowest BCUT2D eigenvalue weighted by molar-refractivity contribution is 0.0696. The molecule has 2 aromatic rings. The molecule has 2 aromatic heterocycles. The molecule has 0 atom stereocenters. The summed E-state index contributed by atoms with van der Waals surface area (Å²) in [6.45, 7) is 0. The summed E-state index contributed by atoms with van der Waals surface area (Å²) in [5.41, 5.74) is 1.61. The number of nitrogens with zero attached hydrogens (tertiary/aromatic N) is 2. The maximum Gasteiger partial charge on any atom is 0.335 e. The molecule has 7 heteroatoms. The topological polar surface area (TPSA) is 92.2 Å². The quantitative estimate of drug-likeness (QED) is 0.859. The number of carbonyl (C=O) groups excluding carboxylic acids is 1. The lowest BCUT2D eigenvalue weighted by Gasteiger charge is -2.02. The first-order valence-electron chi connectivity index (χ1n) is 4.56. The van der Waals surface area contributed by atoms with Crippen LogP contribution in [0.25, 0.3) is 0 Å². The summed E-state index contributed by atoms with van der Waals surface area (Å²) in [5.74, 6) is -1.23. The number of hydrogen-bond donors (Lipinski definition) is 2. The van der Waals surface area contributed by atoms with Crippen LogP contribution >= 0.6 is 11.3 Å². The number of nitrogens with one attached hydrogen (secondary N) is 1. The number of amides is 1. The highest BCUT2D eigenvalue weighted by Crippen LogP contribution is 2.11. The van der Waals surface area contributed by atoms with Gasteiger partial charge in [-0.25, -0.2) is 9.78 Å². The summed E-state index contributed by atoms with van der Waals surface area (Å²) in [6.07, 6.45) is 2.76. The minimum absolute atomic E-state index is 0.0691. The number of pyridine rings is 1. The Morgan fingerprint density at radius 3 is 2.88 bits per heavy atom. The number of thiazole rings is 1. The first kappa shape index (κ1) is 11.2. The lowest BCUT2D eigenvalue weighted by atomic mass is 10.2. The van der Waals surface area contributed by atoms with Crippen molar-refractivity contribution in [3.8, 4) is 0 Å². The Morgan fingerprint density at radius 2 is 2.24 bits per heavy atom. The molecule has 86 valence electrons. The first-order chi connectivity index (χ1) is 8.16. The Balaban J connectivity index is 2.16. The molecule has 0 spiro atoms. The fourth-order valence-electron chi connectivity index (χ4n) is 1.14. The molecular weight excluding hydrogens is 242 g/mol. The smallest absolute Gasteiger partial charge is 0.335 e. The Morgan fingerprint density at radius 1 is 1.41 bits per heavy atom. The number of hydrogen-bond acceptors (Lipinski definition) is 5. The second-order valence-electron chi connectivity index (χ2n) is 3.05. The van der Waals surface area contributed by atoms with Crippen LogP contribution in [0.15, 0.2) is 30.0 Å². The molecule has 0 bridgehead atoms. The summed E-state index contributed by atoms with van der Waals surface area (Å²) in [6, 6.07) is 2.64. The Kier molecular flexibility index (Phi) is 3.10. The van der Waals surface area contributed by atoms with Crippen molar-refractivity contribution in [1.29, 1.82) is 0 Å². The molecule has 2 rings (SSSR count). The highest BCUT2D eigenvalue weighted by atomic mass is 32.1. The van der Waals surface area contributed by atoms with Crippen LogP contribution in [0, 0.1) is 0 Å². The van der Waals surface area contributed by atoms with E-state index in [9.17, 15) is 9.59 Å². The molecule has 0 aliphatic rings. The third-order valence-corrected chi connectivity index (χ3v) is 2.68. The van der Waals surface area contributed by atoms with Gasteiger partial charge < -0.3 is 10.4 Å². The molecule has 2 heterocycles. The zero-order valence-electron chi connectivity index (χ0n) is 8.45. The molecule has 0 unspecified atom stereocenters. The molecule has 0 aliphatic carbocycles. The van der Waals surface area contributed by atoms with Gasteiger partial charge in [0, 0.05) is 6.20 Å². The van der Waals surface area contributed by atoms with Gasteiger partial charge in [-0.3, -0.25) is 9.78 Å². The van der Waals surface area contributed by atoms with Crippen molar-refractivity contribution in [3.05, 3.63) is 40.5 Å². The second-order valence-corrected chi connectivity index (χ2v) is 3.94. The van der Waals surface area contributed by atoms with Crippen molar-refractivity contribution in [3.63, 3.8) is 0 Å². The minimum Gasteiger partial charge on any atom is -0.478 e. The van der Waals surface area contributed by atoms with E-state index < -0.39 is 5.97 Å². The average Bonchev–Trinajstić information content (AvgIpc) is 2.82. The van der Waals surface area contributed by atoms with Crippen molar-refractivity contribution >= 4 is 29.0 Å². The average molecular weight is 249 g/mol. The zero-order valence-corrected chi connectivity index (χ0v) is 9.27. The van der Waals surface area contributed by atoms with E-state index in [1.54, 1.807) is 0 Å². The molecule has 0 fully saturated rings. The maximum absolute atomic E-state index is 11.6. The molecule has 2 N–H and O–H groups in total. The summed E-state index contributed by atoms with van der Waals surface area (Å²) >= 11 is 1.19. The number of anilines is 1. The molecule has 0 saturated heterocycles. The van der Waals surface area contributed by atoms with Gasteiger partial charge in [0.2, 0.25) is 0 Å². The van der Waals surface area contributed by atoms with E-state index in [1.807, 2.05) is 0 Å². The fraction of sp³-hybridized carbons (Fsp3) is 0. The summed E-state index contributed by atoms with van der Waals surface area (Å²) in [4.78, 5) is 30.4. The summed E-state index contributed by atoms with van der Waals surface area (Å²) < 4.78 is 0. The highest BCUT2D eigenvalue weighted by Gasteiger charge is 2.10. The molecular formula is C10H7N3O3S. The molecule has 0 radical (unpaired) electrons. The van der Waals surface area contributed by atoms with E-state index in [4.69, 9.17) is 5.11 Å². The van der Waals surface area contributed by atoms with Crippen molar-refractivity contribution in [2.75, 3.05) is 5.32 Å². The van der Waals surface area contributed by atoms with Crippen LogP contribution in [0.1, 0.15) is 20.0 Å². The van der Waals surface area contributed by atoms with Crippen LogP contribution in [-0.4, -0.2) is 27.0 Å². The van der Waals surface area contributed by atoms with Gasteiger partial charge in [0.25, 0.3) is 5.91 Å². The van der Waals surface area contributed by atoms with Gasteiger partial charge in [-0.05, 0) is 12.1 Å². The Bertz CT molecular complexity index is 554. The van der Waals surface area contributed by atoms with Crippen LogP contribution in [0.5, 0.6) is 0 Å². The van der Waals surface area contributed by atoms with Gasteiger partial charge in [0.1, 0.15) is 10.7 Å². The molecule has 0 aliphatic heterocycles. The number of carboxylic acids is 1. The van der Waals surface area contributed by atoms with Gasteiger partial charge >= 0.3 is 5.97 Å². The maximum atomic E-state index is 11.6. The number of aromatic carboxylic acids is 1. The third kappa shape index (κ3) is 2.64. The summed E-state index contributed by atoms with van der Waals surface area (Å²) in [5, 5.41) is 11.3. The van der Waals surface area contributed by atoms with Crippen molar-refractivity contribution in [2.45, 2.75) is 0 Å². The second kappa shape index (κ2) is 4.71. The Hall–Kier alpha value is -2.28. The molecule has 6 nitrogen and oxygen atoms in total. The van der Waals surface area contributed by atoms with E-state index in [0.717, 1.165) is 0 Å². The predicted octanol–water partition coefficient (Wildman–Crippen LogP) is 1.49. The van der Waals surface area contributed by atoms with Crippen LogP contribution in [0.3, 0.4) is 0 Å². The van der Waals surface area contributed by atoms with E-state index in [0.29, 0.717) is 4.88 Å². The van der Waals surface area contributed by atoms with Gasteiger partial charge in [0.05, 0.1) is 17.3 Å². The van der Waals surface area contributed by atoms with E-state index >= 15 is 0 Å². The van der Waals surface area contributed by atoms with Gasteiger partial charge in [-0.15, -0.1) is 11.3 Å². The SMILES string of the molecule is O=C(O)c1ccnc(NC(=O)c2cncs2)c1. The van der Waals surface area contributed by atoms with Crippen LogP contribution in [0.4, 0.5) is 5.82 Å². The van der Waals surface area contributed by atoms with Crippen LogP contribution in [-0.2, 0) is 0 Å². The van der Waals surface area contributed by atoms with E-state index in [2.05, 4.69) is 15.3 Å². The number of rotatable bonds is 3. The van der Waals surface area contributed by atoms with Crippen molar-refractivity contribution in [2.24, 2.45) is 0 Å². The number of aromatic nitrogens is 2. The van der Waals surface area contributed by atoms with Gasteiger partial charge in [-0.1, -0.05) is 0 Å². The fourth-order valence-corrected chi connectivity index (χ4v) is 1.65. The van der Waals surface area contributed by atoms with Gasteiger partial charge in [0.15, 0.2) is 0 Å². The number of carboxylic acid groups (broad SMARTS) is 1. The summed E-state index contributed by atoms with van der Waals surface area (Å²) in [7, 11) is 0. The molecule has 0 aromatic carbocycles. The van der Waals surface area contributed by atoms with E-state index in [-0.39, 0.29) is 17.3 Å². The molecule has 17 heavy (non-hydrogen) atoms. The first-order valence-corrected chi connectivity index (χ1v) is 5.44. The Labute approximate surface area is 100.0 Å². The predicted molar refractivity (Wildman–Crippen MR) is 61.3 cm³/mol. The highest BCUT2D eigenvalue weighted by molar-refractivity contribution is 7.11. The standard InChI is InChI=1S/C10H7N3O3S/c14-9(7-4-11-5-17-7)13-8-3-6(10(15)16)1-2-12-8/h1-5H,(H,15,16)(H,12,13,14). The number of carbonyl (C=O) groups is 2. The third-order valence-electron chi connectivity index (χ3n) is 1.90.